The van der Waals surface area contributed by atoms with Crippen molar-refractivity contribution in [3.63, 3.8) is 0 Å². The molecular formula is C34H30N2O7. The number of carbonyl (C=O) groups is 3. The first-order valence-corrected chi connectivity index (χ1v) is 14.1. The lowest BCUT2D eigenvalue weighted by Gasteiger charge is -2.29. The number of esters is 1. The zero-order valence-electron chi connectivity index (χ0n) is 23.7. The van der Waals surface area contributed by atoms with E-state index in [1.807, 2.05) is 43.3 Å². The summed E-state index contributed by atoms with van der Waals surface area (Å²) in [5.41, 5.74) is 2.18. The lowest BCUT2D eigenvalue weighted by Crippen LogP contribution is -2.37. The molecule has 9 nitrogen and oxygen atoms in total. The number of ether oxygens (including phenoxy) is 3. The van der Waals surface area contributed by atoms with Crippen LogP contribution in [0.4, 0.5) is 11.4 Å². The standard InChI is InChI=1S/C34H30N2O7/c1-3-20-41-26-17-15-24(16-18-26)35-32(37)29-30(36(43-31(29)33(35)38)25-12-8-5-9-13-25)23-14-19-27(28(21-23)40-2)42-34(39)22-10-6-4-7-11-22/h4-19,21,29-31H,3,20H2,1-2H3/t29-,30+,31+/m1/s1. The van der Waals surface area contributed by atoms with Gasteiger partial charge < -0.3 is 14.2 Å². The van der Waals surface area contributed by atoms with Gasteiger partial charge in [-0.15, -0.1) is 0 Å². The van der Waals surface area contributed by atoms with Crippen LogP contribution in [-0.4, -0.2) is 37.6 Å². The zero-order chi connectivity index (χ0) is 29.9. The molecule has 2 aliphatic rings. The van der Waals surface area contributed by atoms with Crippen molar-refractivity contribution in [1.29, 1.82) is 0 Å². The summed E-state index contributed by atoms with van der Waals surface area (Å²) in [7, 11) is 1.47. The second-order valence-corrected chi connectivity index (χ2v) is 10.2. The molecule has 0 bridgehead atoms. The van der Waals surface area contributed by atoms with E-state index in [0.717, 1.165) is 6.42 Å². The van der Waals surface area contributed by atoms with Gasteiger partial charge in [0.2, 0.25) is 5.91 Å². The van der Waals surface area contributed by atoms with Gasteiger partial charge in [0.05, 0.1) is 36.7 Å². The van der Waals surface area contributed by atoms with E-state index in [-0.39, 0.29) is 11.7 Å². The van der Waals surface area contributed by atoms with Crippen molar-refractivity contribution >= 4 is 29.2 Å². The largest absolute Gasteiger partial charge is 0.494 e. The van der Waals surface area contributed by atoms with E-state index in [9.17, 15) is 14.4 Å². The highest BCUT2D eigenvalue weighted by atomic mass is 16.7. The molecule has 0 saturated carbocycles. The minimum absolute atomic E-state index is 0.225. The number of amides is 2. The van der Waals surface area contributed by atoms with Crippen LogP contribution < -0.4 is 24.2 Å². The normalized spacial score (nSPS) is 19.3. The molecule has 4 aromatic carbocycles. The van der Waals surface area contributed by atoms with Crippen molar-refractivity contribution in [3.8, 4) is 17.2 Å². The predicted molar refractivity (Wildman–Crippen MR) is 159 cm³/mol. The van der Waals surface area contributed by atoms with Gasteiger partial charge in [-0.3, -0.25) is 14.4 Å². The highest BCUT2D eigenvalue weighted by molar-refractivity contribution is 6.24. The van der Waals surface area contributed by atoms with Gasteiger partial charge in [-0.05, 0) is 72.6 Å². The zero-order valence-corrected chi connectivity index (χ0v) is 23.7. The van der Waals surface area contributed by atoms with Crippen LogP contribution in [0.5, 0.6) is 17.2 Å². The Morgan fingerprint density at radius 2 is 1.51 bits per heavy atom. The van der Waals surface area contributed by atoms with Crippen molar-refractivity contribution < 1.29 is 33.4 Å². The summed E-state index contributed by atoms with van der Waals surface area (Å²) in [5.74, 6) is -1.00. The fourth-order valence-electron chi connectivity index (χ4n) is 5.40. The average Bonchev–Trinajstić information content (AvgIpc) is 3.56. The predicted octanol–water partition coefficient (Wildman–Crippen LogP) is 5.75. The molecule has 0 radical (unpaired) electrons. The van der Waals surface area contributed by atoms with Crippen molar-refractivity contribution in [2.45, 2.75) is 25.5 Å². The molecule has 0 N–H and O–H groups in total. The number of para-hydroxylation sites is 1. The number of fused-ring (bicyclic) bond motifs is 1. The fraction of sp³-hybridized carbons (Fsp3) is 0.206. The number of hydrogen-bond acceptors (Lipinski definition) is 8. The first-order chi connectivity index (χ1) is 21.0. The van der Waals surface area contributed by atoms with E-state index in [2.05, 4.69) is 0 Å². The number of imide groups is 1. The Morgan fingerprint density at radius 3 is 2.19 bits per heavy atom. The first-order valence-electron chi connectivity index (χ1n) is 14.1. The van der Waals surface area contributed by atoms with Crippen LogP contribution >= 0.6 is 0 Å². The Balaban J connectivity index is 1.34. The lowest BCUT2D eigenvalue weighted by atomic mass is 9.90. The average molecular weight is 579 g/mol. The van der Waals surface area contributed by atoms with Crippen LogP contribution in [0.15, 0.2) is 103 Å². The summed E-state index contributed by atoms with van der Waals surface area (Å²) in [6.07, 6.45) is -0.165. The van der Waals surface area contributed by atoms with Crippen LogP contribution in [0.3, 0.4) is 0 Å². The Bertz CT molecular complexity index is 1630. The van der Waals surface area contributed by atoms with Crippen molar-refractivity contribution in [2.24, 2.45) is 5.92 Å². The van der Waals surface area contributed by atoms with Gasteiger partial charge in [0.25, 0.3) is 5.91 Å². The monoisotopic (exact) mass is 578 g/mol. The summed E-state index contributed by atoms with van der Waals surface area (Å²) in [4.78, 5) is 47.8. The smallest absolute Gasteiger partial charge is 0.343 e. The maximum absolute atomic E-state index is 14.0. The second-order valence-electron chi connectivity index (χ2n) is 10.2. The van der Waals surface area contributed by atoms with Gasteiger partial charge in [-0.25, -0.2) is 14.8 Å². The highest BCUT2D eigenvalue weighted by Gasteiger charge is 2.60. The molecule has 0 spiro atoms. The molecule has 0 unspecified atom stereocenters. The molecule has 2 amide bonds. The SMILES string of the molecule is CCCOc1ccc(N2C(=O)[C@H]3[C@H](ON(c4ccccc4)[C@H]3c3ccc(OC(=O)c4ccccc4)c(OC)c3)C2=O)cc1. The summed E-state index contributed by atoms with van der Waals surface area (Å²) >= 11 is 0. The number of carbonyl (C=O) groups excluding carboxylic acids is 3. The van der Waals surface area contributed by atoms with Gasteiger partial charge in [0, 0.05) is 0 Å². The first kappa shape index (κ1) is 28.0. The van der Waals surface area contributed by atoms with Crippen molar-refractivity contribution in [1.82, 2.24) is 0 Å². The Kier molecular flexibility index (Phi) is 7.81. The molecule has 43 heavy (non-hydrogen) atoms. The third kappa shape index (κ3) is 5.30. The maximum Gasteiger partial charge on any atom is 0.343 e. The molecule has 218 valence electrons. The molecule has 2 heterocycles. The van der Waals surface area contributed by atoms with Gasteiger partial charge in [0.1, 0.15) is 11.7 Å². The Hall–Kier alpha value is -5.15. The third-order valence-corrected chi connectivity index (χ3v) is 7.44. The summed E-state index contributed by atoms with van der Waals surface area (Å²) in [5, 5.41) is 1.61. The fourth-order valence-corrected chi connectivity index (χ4v) is 5.40. The molecule has 2 fully saturated rings. The quantitative estimate of drug-likeness (QED) is 0.141. The number of rotatable bonds is 9. The van der Waals surface area contributed by atoms with Gasteiger partial charge >= 0.3 is 5.97 Å². The molecule has 2 saturated heterocycles. The number of methoxy groups -OCH3 is 1. The van der Waals surface area contributed by atoms with E-state index in [0.29, 0.717) is 40.6 Å². The van der Waals surface area contributed by atoms with Crippen LogP contribution in [0.1, 0.15) is 35.3 Å². The van der Waals surface area contributed by atoms with E-state index in [4.69, 9.17) is 19.0 Å². The molecule has 2 aliphatic heterocycles. The van der Waals surface area contributed by atoms with Crippen molar-refractivity contribution in [3.05, 3.63) is 114 Å². The minimum atomic E-state index is -1.03. The Labute approximate surface area is 249 Å². The van der Waals surface area contributed by atoms with Crippen LogP contribution in [0.2, 0.25) is 0 Å². The Morgan fingerprint density at radius 1 is 0.814 bits per heavy atom. The van der Waals surface area contributed by atoms with E-state index in [1.54, 1.807) is 71.8 Å². The van der Waals surface area contributed by atoms with E-state index >= 15 is 0 Å². The van der Waals surface area contributed by atoms with Gasteiger partial charge in [-0.2, -0.15) is 0 Å². The van der Waals surface area contributed by atoms with Crippen molar-refractivity contribution in [2.75, 3.05) is 23.7 Å². The van der Waals surface area contributed by atoms with Crippen LogP contribution in [-0.2, 0) is 14.4 Å². The lowest BCUT2D eigenvalue weighted by molar-refractivity contribution is -0.126. The van der Waals surface area contributed by atoms with Gasteiger partial charge in [0.15, 0.2) is 17.6 Å². The molecule has 4 aromatic rings. The summed E-state index contributed by atoms with van der Waals surface area (Å²) < 4.78 is 16.9. The molecule has 9 heteroatoms. The van der Waals surface area contributed by atoms with E-state index in [1.165, 1.54) is 12.0 Å². The minimum Gasteiger partial charge on any atom is -0.494 e. The molecular weight excluding hydrogens is 548 g/mol. The number of anilines is 2. The molecule has 3 atom stereocenters. The second kappa shape index (κ2) is 12.0. The van der Waals surface area contributed by atoms with Crippen LogP contribution in [0.25, 0.3) is 0 Å². The van der Waals surface area contributed by atoms with E-state index < -0.39 is 29.9 Å². The topological polar surface area (TPSA) is 94.6 Å². The summed E-state index contributed by atoms with van der Waals surface area (Å²) in [6, 6.07) is 29.2. The number of nitrogens with zero attached hydrogens (tertiary/aromatic N) is 2. The number of hydrogen-bond donors (Lipinski definition) is 0. The molecule has 6 rings (SSSR count). The summed E-state index contributed by atoms with van der Waals surface area (Å²) in [6.45, 7) is 2.59. The highest BCUT2D eigenvalue weighted by Crippen LogP contribution is 2.48. The van der Waals surface area contributed by atoms with Gasteiger partial charge in [-0.1, -0.05) is 49.4 Å². The van der Waals surface area contributed by atoms with Crippen LogP contribution in [0, 0.1) is 5.92 Å². The third-order valence-electron chi connectivity index (χ3n) is 7.44. The number of hydroxylamine groups is 1. The number of benzene rings is 4. The molecule has 0 aromatic heterocycles. The maximum atomic E-state index is 14.0. The molecule has 0 aliphatic carbocycles.